The molecule has 1 aliphatic heterocycles. The van der Waals surface area contributed by atoms with Crippen LogP contribution in [0.4, 0.5) is 15.8 Å². The molecule has 4 rings (SSSR count). The summed E-state index contributed by atoms with van der Waals surface area (Å²) in [6, 6.07) is 22.2. The average molecular weight is 403 g/mol. The first-order valence-corrected chi connectivity index (χ1v) is 10.6. The smallest absolute Gasteiger partial charge is 0.128 e. The number of hydrogen-bond acceptors (Lipinski definition) is 3. The van der Waals surface area contributed by atoms with Crippen LogP contribution in [0.25, 0.3) is 0 Å². The summed E-state index contributed by atoms with van der Waals surface area (Å²) < 4.78 is 14.3. The largest absolute Gasteiger partial charge is 0.381 e. The van der Waals surface area contributed by atoms with Gasteiger partial charge in [-0.3, -0.25) is 0 Å². The van der Waals surface area contributed by atoms with Crippen LogP contribution in [-0.2, 0) is 30.7 Å². The average Bonchev–Trinajstić information content (AvgIpc) is 2.78. The SMILES string of the molecule is O=CCCc1ccc(NCc2cccc3c2N(Cc2ccccc2)CCC3)cc1F. The Morgan fingerprint density at radius 2 is 1.87 bits per heavy atom. The van der Waals surface area contributed by atoms with Crippen molar-refractivity contribution in [1.82, 2.24) is 0 Å². The Bertz CT molecular complexity index is 1000. The monoisotopic (exact) mass is 402 g/mol. The second-order valence-electron chi connectivity index (χ2n) is 7.80. The molecule has 4 heteroatoms. The third kappa shape index (κ3) is 4.70. The molecule has 0 fully saturated rings. The second kappa shape index (κ2) is 9.57. The van der Waals surface area contributed by atoms with Gasteiger partial charge in [-0.05, 0) is 53.6 Å². The van der Waals surface area contributed by atoms with Crippen molar-refractivity contribution in [3.8, 4) is 0 Å². The number of hydrogen-bond donors (Lipinski definition) is 1. The molecule has 0 saturated carbocycles. The van der Waals surface area contributed by atoms with E-state index in [2.05, 4.69) is 52.7 Å². The van der Waals surface area contributed by atoms with Gasteiger partial charge in [0.2, 0.25) is 0 Å². The van der Waals surface area contributed by atoms with Crippen LogP contribution >= 0.6 is 0 Å². The van der Waals surface area contributed by atoms with Crippen LogP contribution in [-0.4, -0.2) is 12.8 Å². The fraction of sp³-hybridized carbons (Fsp3) is 0.269. The van der Waals surface area contributed by atoms with Crippen molar-refractivity contribution < 1.29 is 9.18 Å². The van der Waals surface area contributed by atoms with E-state index in [0.717, 1.165) is 37.9 Å². The molecular weight excluding hydrogens is 375 g/mol. The third-order valence-corrected chi connectivity index (χ3v) is 5.68. The number of nitrogens with one attached hydrogen (secondary N) is 1. The van der Waals surface area contributed by atoms with Gasteiger partial charge in [-0.2, -0.15) is 0 Å². The summed E-state index contributed by atoms with van der Waals surface area (Å²) in [5, 5.41) is 3.38. The Balaban J connectivity index is 1.51. The minimum atomic E-state index is -0.261. The van der Waals surface area contributed by atoms with Crippen LogP contribution in [0.3, 0.4) is 0 Å². The van der Waals surface area contributed by atoms with E-state index in [-0.39, 0.29) is 5.82 Å². The number of rotatable bonds is 8. The summed E-state index contributed by atoms with van der Waals surface area (Å²) in [5.74, 6) is -0.261. The Hall–Kier alpha value is -3.14. The maximum Gasteiger partial charge on any atom is 0.128 e. The molecule has 0 atom stereocenters. The van der Waals surface area contributed by atoms with Gasteiger partial charge in [-0.1, -0.05) is 54.6 Å². The van der Waals surface area contributed by atoms with Crippen molar-refractivity contribution in [2.24, 2.45) is 0 Å². The van der Waals surface area contributed by atoms with E-state index in [9.17, 15) is 9.18 Å². The van der Waals surface area contributed by atoms with Gasteiger partial charge in [0.05, 0.1) is 0 Å². The quantitative estimate of drug-likeness (QED) is 0.504. The number of carbonyl (C=O) groups excluding carboxylic acids is 1. The molecule has 0 aliphatic carbocycles. The van der Waals surface area contributed by atoms with Crippen LogP contribution in [0.15, 0.2) is 66.7 Å². The summed E-state index contributed by atoms with van der Waals surface area (Å²) >= 11 is 0. The standard InChI is InChI=1S/C26H27FN2O/c27-25-17-24(14-13-21(25)12-6-16-30)28-18-23-10-4-9-22-11-5-15-29(26(22)23)19-20-7-2-1-3-8-20/h1-4,7-10,13-14,16-17,28H,5-6,11-12,15,18-19H2. The lowest BCUT2D eigenvalue weighted by Gasteiger charge is -2.33. The van der Waals surface area contributed by atoms with Gasteiger partial charge < -0.3 is 15.0 Å². The zero-order valence-corrected chi connectivity index (χ0v) is 17.1. The van der Waals surface area contributed by atoms with E-state index in [1.165, 1.54) is 28.4 Å². The first-order valence-electron chi connectivity index (χ1n) is 10.6. The highest BCUT2D eigenvalue weighted by Crippen LogP contribution is 2.32. The van der Waals surface area contributed by atoms with E-state index in [4.69, 9.17) is 0 Å². The number of para-hydroxylation sites is 1. The van der Waals surface area contributed by atoms with E-state index in [1.807, 2.05) is 12.1 Å². The highest BCUT2D eigenvalue weighted by Gasteiger charge is 2.20. The van der Waals surface area contributed by atoms with Crippen molar-refractivity contribution in [3.05, 3.63) is 94.8 Å². The molecule has 1 N–H and O–H groups in total. The Morgan fingerprint density at radius 3 is 2.67 bits per heavy atom. The summed E-state index contributed by atoms with van der Waals surface area (Å²) in [5.41, 5.74) is 6.56. The minimum Gasteiger partial charge on any atom is -0.381 e. The second-order valence-corrected chi connectivity index (χ2v) is 7.80. The summed E-state index contributed by atoms with van der Waals surface area (Å²) in [6.45, 7) is 2.57. The lowest BCUT2D eigenvalue weighted by Crippen LogP contribution is -2.30. The first kappa shape index (κ1) is 20.1. The molecular formula is C26H27FN2O. The van der Waals surface area contributed by atoms with E-state index >= 15 is 0 Å². The fourth-order valence-electron chi connectivity index (χ4n) is 4.20. The van der Waals surface area contributed by atoms with E-state index in [0.29, 0.717) is 24.9 Å². The zero-order chi connectivity index (χ0) is 20.8. The number of fused-ring (bicyclic) bond motifs is 1. The Kier molecular flexibility index (Phi) is 6.43. The molecule has 3 aromatic rings. The van der Waals surface area contributed by atoms with Crippen LogP contribution in [0.1, 0.15) is 35.1 Å². The lowest BCUT2D eigenvalue weighted by molar-refractivity contribution is -0.107. The highest BCUT2D eigenvalue weighted by molar-refractivity contribution is 5.62. The normalized spacial score (nSPS) is 13.0. The summed E-state index contributed by atoms with van der Waals surface area (Å²) in [4.78, 5) is 13.0. The minimum absolute atomic E-state index is 0.261. The molecule has 0 unspecified atom stereocenters. The van der Waals surface area contributed by atoms with Gasteiger partial charge >= 0.3 is 0 Å². The predicted octanol–water partition coefficient (Wildman–Crippen LogP) is 5.52. The number of carbonyl (C=O) groups is 1. The van der Waals surface area contributed by atoms with Crippen LogP contribution in [0.2, 0.25) is 0 Å². The molecule has 0 amide bonds. The molecule has 0 aromatic heterocycles. The van der Waals surface area contributed by atoms with Gasteiger partial charge in [-0.25, -0.2) is 4.39 Å². The first-order chi connectivity index (χ1) is 14.7. The molecule has 0 saturated heterocycles. The number of benzene rings is 3. The molecule has 3 aromatic carbocycles. The highest BCUT2D eigenvalue weighted by atomic mass is 19.1. The number of aryl methyl sites for hydroxylation is 2. The molecule has 0 bridgehead atoms. The molecule has 154 valence electrons. The lowest BCUT2D eigenvalue weighted by atomic mass is 9.97. The van der Waals surface area contributed by atoms with Crippen LogP contribution in [0.5, 0.6) is 0 Å². The van der Waals surface area contributed by atoms with Gasteiger partial charge in [-0.15, -0.1) is 0 Å². The topological polar surface area (TPSA) is 32.3 Å². The van der Waals surface area contributed by atoms with Gasteiger partial charge in [0.1, 0.15) is 12.1 Å². The summed E-state index contributed by atoms with van der Waals surface area (Å²) in [6.07, 6.45) is 3.86. The van der Waals surface area contributed by atoms with Crippen molar-refractivity contribution in [2.75, 3.05) is 16.8 Å². The Labute approximate surface area is 177 Å². The third-order valence-electron chi connectivity index (χ3n) is 5.68. The van der Waals surface area contributed by atoms with Crippen molar-refractivity contribution in [2.45, 2.75) is 38.8 Å². The molecule has 3 nitrogen and oxygen atoms in total. The number of halogens is 1. The van der Waals surface area contributed by atoms with Crippen LogP contribution in [0, 0.1) is 5.82 Å². The van der Waals surface area contributed by atoms with Gasteiger partial charge in [0.25, 0.3) is 0 Å². The maximum atomic E-state index is 14.3. The van der Waals surface area contributed by atoms with Gasteiger partial charge in [0, 0.05) is 37.4 Å². The zero-order valence-electron chi connectivity index (χ0n) is 17.1. The maximum absolute atomic E-state index is 14.3. The predicted molar refractivity (Wildman–Crippen MR) is 120 cm³/mol. The van der Waals surface area contributed by atoms with Crippen molar-refractivity contribution >= 4 is 17.7 Å². The molecule has 0 spiro atoms. The molecule has 30 heavy (non-hydrogen) atoms. The molecule has 1 heterocycles. The fourth-order valence-corrected chi connectivity index (χ4v) is 4.20. The summed E-state index contributed by atoms with van der Waals surface area (Å²) in [7, 11) is 0. The number of aldehydes is 1. The van der Waals surface area contributed by atoms with Crippen molar-refractivity contribution in [3.63, 3.8) is 0 Å². The van der Waals surface area contributed by atoms with Gasteiger partial charge in [0.15, 0.2) is 0 Å². The van der Waals surface area contributed by atoms with Crippen LogP contribution < -0.4 is 10.2 Å². The van der Waals surface area contributed by atoms with Crippen molar-refractivity contribution in [1.29, 1.82) is 0 Å². The van der Waals surface area contributed by atoms with E-state index < -0.39 is 0 Å². The molecule has 0 radical (unpaired) electrons. The Morgan fingerprint density at radius 1 is 1.00 bits per heavy atom. The molecule has 1 aliphatic rings. The number of nitrogens with zero attached hydrogens (tertiary/aromatic N) is 1. The number of anilines is 2. The van der Waals surface area contributed by atoms with E-state index in [1.54, 1.807) is 6.07 Å².